The van der Waals surface area contributed by atoms with Gasteiger partial charge in [0.1, 0.15) is 0 Å². The zero-order valence-electron chi connectivity index (χ0n) is 16.0. The van der Waals surface area contributed by atoms with E-state index in [-0.39, 0.29) is 11.9 Å². The van der Waals surface area contributed by atoms with Gasteiger partial charge in [0.05, 0.1) is 17.7 Å². The molecule has 1 atom stereocenters. The molecule has 6 heteroatoms. The van der Waals surface area contributed by atoms with Crippen molar-refractivity contribution in [1.82, 2.24) is 20.1 Å². The van der Waals surface area contributed by atoms with Gasteiger partial charge in [0.15, 0.2) is 0 Å². The molecule has 146 valence electrons. The molecular formula is C22H26N4O2. The number of nitrogens with one attached hydrogen (secondary N) is 1. The van der Waals surface area contributed by atoms with Crippen LogP contribution in [0.15, 0.2) is 54.7 Å². The lowest BCUT2D eigenvalue weighted by atomic mass is 9.85. The van der Waals surface area contributed by atoms with E-state index in [1.165, 1.54) is 5.56 Å². The molecule has 2 fully saturated rings. The number of carbonyl (C=O) groups is 2. The topological polar surface area (TPSA) is 65.5 Å². The van der Waals surface area contributed by atoms with E-state index in [1.807, 2.05) is 41.3 Å². The fraction of sp³-hybridized carbons (Fsp3) is 0.409. The summed E-state index contributed by atoms with van der Waals surface area (Å²) in [4.78, 5) is 33.6. The molecule has 2 aliphatic rings. The van der Waals surface area contributed by atoms with Crippen molar-refractivity contribution < 1.29 is 9.59 Å². The highest BCUT2D eigenvalue weighted by molar-refractivity contribution is 5.87. The third-order valence-corrected chi connectivity index (χ3v) is 5.85. The van der Waals surface area contributed by atoms with Gasteiger partial charge in [-0.25, -0.2) is 4.79 Å². The summed E-state index contributed by atoms with van der Waals surface area (Å²) < 4.78 is 0. The first kappa shape index (κ1) is 18.5. The first-order valence-electron chi connectivity index (χ1n) is 9.92. The monoisotopic (exact) mass is 378 g/mol. The van der Waals surface area contributed by atoms with Crippen LogP contribution in [0.4, 0.5) is 4.79 Å². The number of amides is 3. The molecule has 1 spiro atoms. The Labute approximate surface area is 165 Å². The third kappa shape index (κ3) is 3.86. The van der Waals surface area contributed by atoms with Gasteiger partial charge in [0, 0.05) is 32.4 Å². The maximum Gasteiger partial charge on any atom is 0.317 e. The number of urea groups is 1. The lowest BCUT2D eigenvalue weighted by Gasteiger charge is -2.23. The van der Waals surface area contributed by atoms with Gasteiger partial charge in [-0.1, -0.05) is 36.4 Å². The van der Waals surface area contributed by atoms with Crippen LogP contribution < -0.4 is 5.32 Å². The van der Waals surface area contributed by atoms with Gasteiger partial charge < -0.3 is 15.1 Å². The molecule has 1 aromatic carbocycles. The number of likely N-dealkylation sites (tertiary alicyclic amines) is 2. The van der Waals surface area contributed by atoms with Gasteiger partial charge in [-0.15, -0.1) is 0 Å². The molecule has 2 aromatic rings. The second-order valence-electron chi connectivity index (χ2n) is 7.72. The van der Waals surface area contributed by atoms with Crippen molar-refractivity contribution in [2.75, 3.05) is 26.2 Å². The first-order valence-corrected chi connectivity index (χ1v) is 9.92. The first-order chi connectivity index (χ1) is 13.7. The highest BCUT2D eigenvalue weighted by atomic mass is 16.2. The number of benzene rings is 1. The van der Waals surface area contributed by atoms with Gasteiger partial charge in [0.2, 0.25) is 5.91 Å². The van der Waals surface area contributed by atoms with Gasteiger partial charge in [-0.05, 0) is 37.0 Å². The molecule has 0 saturated carbocycles. The van der Waals surface area contributed by atoms with Crippen molar-refractivity contribution in [3.05, 3.63) is 66.0 Å². The molecule has 1 aromatic heterocycles. The normalized spacial score (nSPS) is 21.5. The SMILES string of the molecule is O=C(NCCc1ccccc1)N1CCC2(CCN(Cc3ccccn3)C2=O)C1. The summed E-state index contributed by atoms with van der Waals surface area (Å²) in [5.41, 5.74) is 1.70. The van der Waals surface area contributed by atoms with E-state index in [2.05, 4.69) is 22.4 Å². The number of rotatable bonds is 5. The number of carbonyl (C=O) groups excluding carboxylic acids is 2. The average Bonchev–Trinajstić information content (AvgIpc) is 3.29. The van der Waals surface area contributed by atoms with Crippen molar-refractivity contribution in [3.8, 4) is 0 Å². The minimum Gasteiger partial charge on any atom is -0.338 e. The van der Waals surface area contributed by atoms with Gasteiger partial charge in [0.25, 0.3) is 0 Å². The number of pyridine rings is 1. The highest BCUT2D eigenvalue weighted by Gasteiger charge is 2.51. The summed E-state index contributed by atoms with van der Waals surface area (Å²) in [6.07, 6.45) is 4.12. The second-order valence-corrected chi connectivity index (χ2v) is 7.72. The average molecular weight is 378 g/mol. The maximum absolute atomic E-state index is 13.0. The van der Waals surface area contributed by atoms with Crippen molar-refractivity contribution in [1.29, 1.82) is 0 Å². The predicted octanol–water partition coefficient (Wildman–Crippen LogP) is 2.46. The van der Waals surface area contributed by atoms with Crippen LogP contribution in [0.5, 0.6) is 0 Å². The van der Waals surface area contributed by atoms with Gasteiger partial charge in [-0.2, -0.15) is 0 Å². The lowest BCUT2D eigenvalue weighted by molar-refractivity contribution is -0.135. The zero-order chi connectivity index (χ0) is 19.4. The lowest BCUT2D eigenvalue weighted by Crippen LogP contribution is -2.42. The minimum absolute atomic E-state index is 0.0659. The van der Waals surface area contributed by atoms with Crippen LogP contribution in [0.1, 0.15) is 24.1 Å². The van der Waals surface area contributed by atoms with E-state index in [1.54, 1.807) is 11.1 Å². The molecule has 0 bridgehead atoms. The second kappa shape index (κ2) is 8.00. The molecule has 2 aliphatic heterocycles. The summed E-state index contributed by atoms with van der Waals surface area (Å²) in [7, 11) is 0. The Hall–Kier alpha value is -2.89. The minimum atomic E-state index is -0.411. The standard InChI is InChI=1S/C22H26N4O2/c27-20-22(10-14-25(20)16-19-8-4-5-12-23-19)11-15-26(17-22)21(28)24-13-9-18-6-2-1-3-7-18/h1-8,12H,9-11,13-17H2,(H,24,28). The van der Waals surface area contributed by atoms with E-state index in [9.17, 15) is 9.59 Å². The van der Waals surface area contributed by atoms with E-state index < -0.39 is 5.41 Å². The Balaban J connectivity index is 1.29. The molecule has 1 N–H and O–H groups in total. The highest BCUT2D eigenvalue weighted by Crippen LogP contribution is 2.41. The Bertz CT molecular complexity index is 827. The van der Waals surface area contributed by atoms with Crippen LogP contribution in [0.3, 0.4) is 0 Å². The van der Waals surface area contributed by atoms with Crippen LogP contribution in [-0.4, -0.2) is 52.9 Å². The van der Waals surface area contributed by atoms with E-state index >= 15 is 0 Å². The molecular weight excluding hydrogens is 352 g/mol. The maximum atomic E-state index is 13.0. The van der Waals surface area contributed by atoms with Crippen molar-refractivity contribution >= 4 is 11.9 Å². The Morgan fingerprint density at radius 3 is 2.64 bits per heavy atom. The Morgan fingerprint density at radius 1 is 1.07 bits per heavy atom. The van der Waals surface area contributed by atoms with Crippen LogP contribution >= 0.6 is 0 Å². The third-order valence-electron chi connectivity index (χ3n) is 5.85. The summed E-state index contributed by atoms with van der Waals surface area (Å²) in [6.45, 7) is 3.04. The van der Waals surface area contributed by atoms with Crippen LogP contribution in [0.25, 0.3) is 0 Å². The molecule has 1 unspecified atom stereocenters. The summed E-state index contributed by atoms with van der Waals surface area (Å²) in [6, 6.07) is 15.8. The van der Waals surface area contributed by atoms with E-state index in [0.717, 1.165) is 31.5 Å². The van der Waals surface area contributed by atoms with Crippen molar-refractivity contribution in [3.63, 3.8) is 0 Å². The molecule has 3 heterocycles. The van der Waals surface area contributed by atoms with E-state index in [0.29, 0.717) is 26.2 Å². The fourth-order valence-corrected chi connectivity index (χ4v) is 4.23. The number of nitrogens with zero attached hydrogens (tertiary/aromatic N) is 3. The number of hydrogen-bond acceptors (Lipinski definition) is 3. The Morgan fingerprint density at radius 2 is 1.86 bits per heavy atom. The molecule has 3 amide bonds. The number of aromatic nitrogens is 1. The van der Waals surface area contributed by atoms with Crippen LogP contribution in [0, 0.1) is 5.41 Å². The molecule has 28 heavy (non-hydrogen) atoms. The summed E-state index contributed by atoms with van der Waals surface area (Å²) in [5, 5.41) is 3.00. The summed E-state index contributed by atoms with van der Waals surface area (Å²) in [5.74, 6) is 0.165. The van der Waals surface area contributed by atoms with Crippen LogP contribution in [0.2, 0.25) is 0 Å². The molecule has 6 nitrogen and oxygen atoms in total. The van der Waals surface area contributed by atoms with Crippen LogP contribution in [-0.2, 0) is 17.8 Å². The van der Waals surface area contributed by atoms with Gasteiger partial charge in [-0.3, -0.25) is 9.78 Å². The predicted molar refractivity (Wildman–Crippen MR) is 106 cm³/mol. The largest absolute Gasteiger partial charge is 0.338 e. The molecule has 4 rings (SSSR count). The zero-order valence-corrected chi connectivity index (χ0v) is 16.0. The van der Waals surface area contributed by atoms with Crippen molar-refractivity contribution in [2.24, 2.45) is 5.41 Å². The Kier molecular flexibility index (Phi) is 5.28. The molecule has 0 aliphatic carbocycles. The smallest absolute Gasteiger partial charge is 0.317 e. The quantitative estimate of drug-likeness (QED) is 0.869. The fourth-order valence-electron chi connectivity index (χ4n) is 4.23. The number of hydrogen-bond donors (Lipinski definition) is 1. The molecule has 2 saturated heterocycles. The van der Waals surface area contributed by atoms with E-state index in [4.69, 9.17) is 0 Å². The van der Waals surface area contributed by atoms with Gasteiger partial charge >= 0.3 is 6.03 Å². The summed E-state index contributed by atoms with van der Waals surface area (Å²) >= 11 is 0. The van der Waals surface area contributed by atoms with Crippen molar-refractivity contribution in [2.45, 2.75) is 25.8 Å². The molecule has 0 radical (unpaired) electrons.